The first-order valence-corrected chi connectivity index (χ1v) is 9.71. The van der Waals surface area contributed by atoms with Crippen LogP contribution in [0.25, 0.3) is 16.8 Å². The topological polar surface area (TPSA) is 70.7 Å². The Labute approximate surface area is 165 Å². The maximum Gasteiger partial charge on any atom is 0.262 e. The Morgan fingerprint density at radius 1 is 1.04 bits per heavy atom. The normalized spacial score (nSPS) is 14.9. The second-order valence-corrected chi connectivity index (χ2v) is 7.00. The van der Waals surface area contributed by atoms with E-state index >= 15 is 0 Å². The summed E-state index contributed by atoms with van der Waals surface area (Å²) in [5.41, 5.74) is 5.81. The fourth-order valence-corrected chi connectivity index (χ4v) is 3.32. The highest BCUT2D eigenvalue weighted by atomic mass is 16.5. The third kappa shape index (κ3) is 5.82. The lowest BCUT2D eigenvalue weighted by molar-refractivity contribution is -0.127. The van der Waals surface area contributed by atoms with Crippen molar-refractivity contribution in [3.05, 3.63) is 48.0 Å². The van der Waals surface area contributed by atoms with Gasteiger partial charge in [0.05, 0.1) is 7.11 Å². The minimum atomic E-state index is -0.360. The molecule has 0 unspecified atom stereocenters. The third-order valence-corrected chi connectivity index (χ3v) is 4.93. The van der Waals surface area contributed by atoms with Crippen molar-refractivity contribution in [2.45, 2.75) is 25.7 Å². The maximum atomic E-state index is 11.9. The largest absolute Gasteiger partial charge is 0.497 e. The molecule has 0 saturated carbocycles. The minimum Gasteiger partial charge on any atom is -0.497 e. The standard InChI is InChI=1S/C22H27N3O3/c1-28-20-9-8-18-15-17(5-7-19(18)16-20)6-10-21(26)23-24-22(27)11-14-25-12-3-2-4-13-25/h5-10,15-16H,2-4,11-14H2,1H3,(H,23,26)(H,24,27)/b10-6+. The molecule has 0 bridgehead atoms. The number of nitrogens with one attached hydrogen (secondary N) is 2. The molecule has 0 spiro atoms. The third-order valence-electron chi connectivity index (χ3n) is 4.93. The highest BCUT2D eigenvalue weighted by Crippen LogP contribution is 2.22. The van der Waals surface area contributed by atoms with Gasteiger partial charge < -0.3 is 9.64 Å². The van der Waals surface area contributed by atoms with Gasteiger partial charge in [-0.05, 0) is 66.5 Å². The van der Waals surface area contributed by atoms with Gasteiger partial charge in [0.25, 0.3) is 5.91 Å². The predicted octanol–water partition coefficient (Wildman–Crippen LogP) is 2.89. The van der Waals surface area contributed by atoms with E-state index in [2.05, 4.69) is 15.8 Å². The van der Waals surface area contributed by atoms with Crippen LogP contribution in [-0.2, 0) is 9.59 Å². The van der Waals surface area contributed by atoms with Crippen LogP contribution in [0.5, 0.6) is 5.75 Å². The Morgan fingerprint density at radius 2 is 1.79 bits per heavy atom. The molecule has 2 N–H and O–H groups in total. The number of nitrogens with zero attached hydrogens (tertiary/aromatic N) is 1. The number of likely N-dealkylation sites (tertiary alicyclic amines) is 1. The number of benzene rings is 2. The summed E-state index contributed by atoms with van der Waals surface area (Å²) in [6.07, 6.45) is 7.19. The number of ether oxygens (including phenoxy) is 1. The fraction of sp³-hybridized carbons (Fsp3) is 0.364. The number of methoxy groups -OCH3 is 1. The smallest absolute Gasteiger partial charge is 0.262 e. The van der Waals surface area contributed by atoms with E-state index in [0.29, 0.717) is 6.42 Å². The van der Waals surface area contributed by atoms with Gasteiger partial charge in [0.15, 0.2) is 0 Å². The van der Waals surface area contributed by atoms with E-state index in [-0.39, 0.29) is 11.8 Å². The van der Waals surface area contributed by atoms with Gasteiger partial charge in [-0.25, -0.2) is 0 Å². The highest BCUT2D eigenvalue weighted by Gasteiger charge is 2.11. The summed E-state index contributed by atoms with van der Waals surface area (Å²) in [6, 6.07) is 11.8. The lowest BCUT2D eigenvalue weighted by Gasteiger charge is -2.25. The van der Waals surface area contributed by atoms with E-state index in [1.807, 2.05) is 36.4 Å². The Morgan fingerprint density at radius 3 is 2.57 bits per heavy atom. The first-order valence-electron chi connectivity index (χ1n) is 9.71. The number of hydrogen-bond donors (Lipinski definition) is 2. The van der Waals surface area contributed by atoms with E-state index in [0.717, 1.165) is 41.7 Å². The monoisotopic (exact) mass is 381 g/mol. The molecule has 2 aromatic carbocycles. The first-order chi connectivity index (χ1) is 13.6. The fourth-order valence-electron chi connectivity index (χ4n) is 3.32. The quantitative estimate of drug-likeness (QED) is 0.596. The SMILES string of the molecule is COc1ccc2cc(/C=C/C(=O)NNC(=O)CCN3CCCCC3)ccc2c1. The van der Waals surface area contributed by atoms with Gasteiger partial charge in [-0.3, -0.25) is 20.4 Å². The van der Waals surface area contributed by atoms with Crippen LogP contribution < -0.4 is 15.6 Å². The van der Waals surface area contributed by atoms with Crippen molar-refractivity contribution in [2.75, 3.05) is 26.7 Å². The summed E-state index contributed by atoms with van der Waals surface area (Å²) in [5, 5.41) is 2.14. The zero-order valence-electron chi connectivity index (χ0n) is 16.2. The van der Waals surface area contributed by atoms with Crippen LogP contribution in [-0.4, -0.2) is 43.5 Å². The molecule has 0 radical (unpaired) electrons. The van der Waals surface area contributed by atoms with Crippen LogP contribution in [0.2, 0.25) is 0 Å². The number of hydrogen-bond acceptors (Lipinski definition) is 4. The summed E-state index contributed by atoms with van der Waals surface area (Å²) in [6.45, 7) is 2.85. The molecule has 1 aliphatic heterocycles. The van der Waals surface area contributed by atoms with E-state index in [1.165, 1.54) is 25.3 Å². The zero-order valence-corrected chi connectivity index (χ0v) is 16.2. The predicted molar refractivity (Wildman–Crippen MR) is 111 cm³/mol. The van der Waals surface area contributed by atoms with Crippen molar-refractivity contribution in [3.63, 3.8) is 0 Å². The van der Waals surface area contributed by atoms with Gasteiger partial charge in [0.2, 0.25) is 5.91 Å². The van der Waals surface area contributed by atoms with Crippen LogP contribution in [0.4, 0.5) is 0 Å². The van der Waals surface area contributed by atoms with E-state index in [9.17, 15) is 9.59 Å². The molecule has 1 fully saturated rings. The van der Waals surface area contributed by atoms with Crippen LogP contribution in [0.3, 0.4) is 0 Å². The lowest BCUT2D eigenvalue weighted by Crippen LogP contribution is -2.42. The summed E-state index contributed by atoms with van der Waals surface area (Å²) >= 11 is 0. The first kappa shape index (κ1) is 19.9. The molecule has 148 valence electrons. The van der Waals surface area contributed by atoms with Crippen LogP contribution in [0.15, 0.2) is 42.5 Å². The second kappa shape index (κ2) is 9.90. The van der Waals surface area contributed by atoms with Crippen molar-refractivity contribution in [1.82, 2.24) is 15.8 Å². The Balaban J connectivity index is 1.45. The Hall–Kier alpha value is -2.86. The molecule has 0 aromatic heterocycles. The van der Waals surface area contributed by atoms with Crippen LogP contribution in [0, 0.1) is 0 Å². The molecule has 0 atom stereocenters. The molecule has 6 nitrogen and oxygen atoms in total. The zero-order chi connectivity index (χ0) is 19.8. The second-order valence-electron chi connectivity index (χ2n) is 7.00. The summed E-state index contributed by atoms with van der Waals surface area (Å²) < 4.78 is 5.23. The molecule has 28 heavy (non-hydrogen) atoms. The Bertz CT molecular complexity index is 857. The molecule has 2 amide bonds. The van der Waals surface area contributed by atoms with Crippen molar-refractivity contribution >= 4 is 28.7 Å². The number of amides is 2. The van der Waals surface area contributed by atoms with Crippen molar-refractivity contribution in [3.8, 4) is 5.75 Å². The maximum absolute atomic E-state index is 11.9. The number of carbonyl (C=O) groups excluding carboxylic acids is 2. The average molecular weight is 381 g/mol. The van der Waals surface area contributed by atoms with Gasteiger partial charge in [0.1, 0.15) is 5.75 Å². The molecule has 0 aliphatic carbocycles. The van der Waals surface area contributed by atoms with Crippen LogP contribution in [0.1, 0.15) is 31.2 Å². The summed E-state index contributed by atoms with van der Waals surface area (Å²) in [7, 11) is 1.64. The highest BCUT2D eigenvalue weighted by molar-refractivity contribution is 5.94. The van der Waals surface area contributed by atoms with Crippen molar-refractivity contribution in [2.24, 2.45) is 0 Å². The van der Waals surface area contributed by atoms with E-state index < -0.39 is 0 Å². The van der Waals surface area contributed by atoms with E-state index in [1.54, 1.807) is 13.2 Å². The van der Waals surface area contributed by atoms with Crippen molar-refractivity contribution in [1.29, 1.82) is 0 Å². The number of carbonyl (C=O) groups is 2. The van der Waals surface area contributed by atoms with Crippen molar-refractivity contribution < 1.29 is 14.3 Å². The van der Waals surface area contributed by atoms with Gasteiger partial charge >= 0.3 is 0 Å². The van der Waals surface area contributed by atoms with Gasteiger partial charge in [0, 0.05) is 19.0 Å². The molecule has 1 aliphatic rings. The number of hydrazine groups is 1. The molecule has 6 heteroatoms. The number of piperidine rings is 1. The number of rotatable bonds is 6. The van der Waals surface area contributed by atoms with Gasteiger partial charge in [-0.1, -0.05) is 24.6 Å². The number of fused-ring (bicyclic) bond motifs is 1. The minimum absolute atomic E-state index is 0.174. The molecule has 1 saturated heterocycles. The molecule has 1 heterocycles. The Kier molecular flexibility index (Phi) is 7.03. The molecular weight excluding hydrogens is 354 g/mol. The molecular formula is C22H27N3O3. The lowest BCUT2D eigenvalue weighted by atomic mass is 10.1. The summed E-state index contributed by atoms with van der Waals surface area (Å²) in [5.74, 6) is 0.277. The van der Waals surface area contributed by atoms with E-state index in [4.69, 9.17) is 4.74 Å². The van der Waals surface area contributed by atoms with Gasteiger partial charge in [-0.15, -0.1) is 0 Å². The molecule has 2 aromatic rings. The summed E-state index contributed by atoms with van der Waals surface area (Å²) in [4.78, 5) is 26.1. The average Bonchev–Trinajstić information content (AvgIpc) is 2.75. The van der Waals surface area contributed by atoms with Crippen LogP contribution >= 0.6 is 0 Å². The molecule has 3 rings (SSSR count). The van der Waals surface area contributed by atoms with Gasteiger partial charge in [-0.2, -0.15) is 0 Å².